The SMILES string of the molecule is NCC1CCCN(C(=O)c2cccc3ccccc23)C1. The van der Waals surface area contributed by atoms with Crippen LogP contribution in [0, 0.1) is 5.92 Å². The number of carbonyl (C=O) groups excluding carboxylic acids is 1. The Kier molecular flexibility index (Phi) is 3.70. The standard InChI is InChI=1S/C17H20N2O/c18-11-13-5-4-10-19(12-13)17(20)16-9-3-7-14-6-1-2-8-15(14)16/h1-3,6-9,13H,4-5,10-12,18H2. The van der Waals surface area contributed by atoms with Crippen LogP contribution >= 0.6 is 0 Å². The van der Waals surface area contributed by atoms with Crippen molar-refractivity contribution >= 4 is 16.7 Å². The zero-order valence-electron chi connectivity index (χ0n) is 11.6. The van der Waals surface area contributed by atoms with E-state index < -0.39 is 0 Å². The van der Waals surface area contributed by atoms with Gasteiger partial charge in [0.1, 0.15) is 0 Å². The van der Waals surface area contributed by atoms with Crippen molar-refractivity contribution in [2.75, 3.05) is 19.6 Å². The predicted octanol–water partition coefficient (Wildman–Crippen LogP) is 2.65. The monoisotopic (exact) mass is 268 g/mol. The Hall–Kier alpha value is -1.87. The Morgan fingerprint density at radius 3 is 2.85 bits per heavy atom. The lowest BCUT2D eigenvalue weighted by Gasteiger charge is -2.32. The van der Waals surface area contributed by atoms with Gasteiger partial charge in [-0.3, -0.25) is 4.79 Å². The summed E-state index contributed by atoms with van der Waals surface area (Å²) in [5.41, 5.74) is 6.56. The Morgan fingerprint density at radius 1 is 1.20 bits per heavy atom. The highest BCUT2D eigenvalue weighted by Crippen LogP contribution is 2.23. The number of hydrogen-bond acceptors (Lipinski definition) is 2. The molecule has 0 aliphatic carbocycles. The molecule has 1 amide bonds. The average molecular weight is 268 g/mol. The molecule has 0 radical (unpaired) electrons. The fourth-order valence-corrected chi connectivity index (χ4v) is 3.02. The van der Waals surface area contributed by atoms with Crippen LogP contribution < -0.4 is 5.73 Å². The highest BCUT2D eigenvalue weighted by molar-refractivity contribution is 6.07. The van der Waals surface area contributed by atoms with E-state index in [1.54, 1.807) is 0 Å². The van der Waals surface area contributed by atoms with Gasteiger partial charge in [-0.1, -0.05) is 36.4 Å². The number of amides is 1. The second-order valence-electron chi connectivity index (χ2n) is 5.52. The lowest BCUT2D eigenvalue weighted by atomic mass is 9.96. The topological polar surface area (TPSA) is 46.3 Å². The maximum Gasteiger partial charge on any atom is 0.254 e. The van der Waals surface area contributed by atoms with Gasteiger partial charge in [0.05, 0.1) is 0 Å². The zero-order chi connectivity index (χ0) is 13.9. The third-order valence-electron chi connectivity index (χ3n) is 4.16. The summed E-state index contributed by atoms with van der Waals surface area (Å²) < 4.78 is 0. The molecule has 1 fully saturated rings. The maximum atomic E-state index is 12.8. The molecule has 1 atom stereocenters. The highest BCUT2D eigenvalue weighted by Gasteiger charge is 2.24. The minimum Gasteiger partial charge on any atom is -0.338 e. The van der Waals surface area contributed by atoms with E-state index in [9.17, 15) is 4.79 Å². The normalized spacial score (nSPS) is 19.2. The van der Waals surface area contributed by atoms with Crippen molar-refractivity contribution in [3.63, 3.8) is 0 Å². The van der Waals surface area contributed by atoms with Gasteiger partial charge in [0.2, 0.25) is 0 Å². The lowest BCUT2D eigenvalue weighted by molar-refractivity contribution is 0.0680. The van der Waals surface area contributed by atoms with Crippen molar-refractivity contribution in [1.82, 2.24) is 4.90 Å². The third kappa shape index (κ3) is 2.41. The lowest BCUT2D eigenvalue weighted by Crippen LogP contribution is -2.42. The summed E-state index contributed by atoms with van der Waals surface area (Å²) >= 11 is 0. The van der Waals surface area contributed by atoms with Crippen molar-refractivity contribution in [3.8, 4) is 0 Å². The van der Waals surface area contributed by atoms with E-state index >= 15 is 0 Å². The number of fused-ring (bicyclic) bond motifs is 1. The smallest absolute Gasteiger partial charge is 0.254 e. The maximum absolute atomic E-state index is 12.8. The molecule has 0 bridgehead atoms. The minimum absolute atomic E-state index is 0.139. The van der Waals surface area contributed by atoms with Gasteiger partial charge >= 0.3 is 0 Å². The molecule has 104 valence electrons. The van der Waals surface area contributed by atoms with Crippen molar-refractivity contribution in [2.24, 2.45) is 11.7 Å². The molecule has 1 unspecified atom stereocenters. The van der Waals surface area contributed by atoms with E-state index in [2.05, 4.69) is 0 Å². The molecule has 1 aliphatic heterocycles. The zero-order valence-corrected chi connectivity index (χ0v) is 11.6. The first-order valence-corrected chi connectivity index (χ1v) is 7.26. The second kappa shape index (κ2) is 5.63. The summed E-state index contributed by atoms with van der Waals surface area (Å²) in [4.78, 5) is 14.7. The van der Waals surface area contributed by atoms with Crippen LogP contribution in [0.25, 0.3) is 10.8 Å². The summed E-state index contributed by atoms with van der Waals surface area (Å²) in [6.07, 6.45) is 2.19. The van der Waals surface area contributed by atoms with Crippen molar-refractivity contribution in [2.45, 2.75) is 12.8 Å². The Morgan fingerprint density at radius 2 is 2.00 bits per heavy atom. The van der Waals surface area contributed by atoms with E-state index in [1.165, 1.54) is 0 Å². The molecule has 0 saturated carbocycles. The Bertz CT molecular complexity index is 618. The fourth-order valence-electron chi connectivity index (χ4n) is 3.02. The number of nitrogens with zero attached hydrogens (tertiary/aromatic N) is 1. The molecule has 1 heterocycles. The van der Waals surface area contributed by atoms with Crippen LogP contribution in [-0.4, -0.2) is 30.4 Å². The van der Waals surface area contributed by atoms with Crippen LogP contribution in [0.1, 0.15) is 23.2 Å². The van der Waals surface area contributed by atoms with Gasteiger partial charge in [-0.25, -0.2) is 0 Å². The number of benzene rings is 2. The van der Waals surface area contributed by atoms with Gasteiger partial charge < -0.3 is 10.6 Å². The van der Waals surface area contributed by atoms with Crippen LogP contribution in [0.4, 0.5) is 0 Å². The number of carbonyl (C=O) groups is 1. The van der Waals surface area contributed by atoms with Gasteiger partial charge in [-0.2, -0.15) is 0 Å². The molecule has 3 rings (SSSR count). The molecule has 3 heteroatoms. The van der Waals surface area contributed by atoms with Crippen molar-refractivity contribution in [3.05, 3.63) is 48.0 Å². The number of hydrogen-bond donors (Lipinski definition) is 1. The first kappa shape index (κ1) is 13.1. The van der Waals surface area contributed by atoms with Crippen molar-refractivity contribution < 1.29 is 4.79 Å². The number of piperidine rings is 1. The molecule has 0 aromatic heterocycles. The average Bonchev–Trinajstić information content (AvgIpc) is 2.53. The Labute approximate surface area is 119 Å². The van der Waals surface area contributed by atoms with Crippen LogP contribution in [0.3, 0.4) is 0 Å². The summed E-state index contributed by atoms with van der Waals surface area (Å²) in [6, 6.07) is 14.0. The molecule has 20 heavy (non-hydrogen) atoms. The highest BCUT2D eigenvalue weighted by atomic mass is 16.2. The van der Waals surface area contributed by atoms with E-state index in [0.717, 1.165) is 42.3 Å². The van der Waals surface area contributed by atoms with E-state index in [0.29, 0.717) is 12.5 Å². The minimum atomic E-state index is 0.139. The summed E-state index contributed by atoms with van der Waals surface area (Å²) in [5, 5.41) is 2.15. The fraction of sp³-hybridized carbons (Fsp3) is 0.353. The first-order chi connectivity index (χ1) is 9.79. The quantitative estimate of drug-likeness (QED) is 0.910. The molecule has 1 aliphatic rings. The van der Waals surface area contributed by atoms with Crippen LogP contribution in [-0.2, 0) is 0 Å². The van der Waals surface area contributed by atoms with Gasteiger partial charge in [-0.15, -0.1) is 0 Å². The van der Waals surface area contributed by atoms with E-state index in [4.69, 9.17) is 5.73 Å². The molecule has 1 saturated heterocycles. The Balaban J connectivity index is 1.92. The number of rotatable bonds is 2. The van der Waals surface area contributed by atoms with Gasteiger partial charge in [0.25, 0.3) is 5.91 Å². The molecule has 2 aromatic carbocycles. The molecule has 2 aromatic rings. The number of likely N-dealkylation sites (tertiary alicyclic amines) is 1. The summed E-state index contributed by atoms with van der Waals surface area (Å²) in [7, 11) is 0. The molecule has 2 N–H and O–H groups in total. The third-order valence-corrected chi connectivity index (χ3v) is 4.16. The molecular formula is C17H20N2O. The van der Waals surface area contributed by atoms with Gasteiger partial charge in [0.15, 0.2) is 0 Å². The summed E-state index contributed by atoms with van der Waals surface area (Å²) in [6.45, 7) is 2.30. The summed E-state index contributed by atoms with van der Waals surface area (Å²) in [5.74, 6) is 0.586. The van der Waals surface area contributed by atoms with Gasteiger partial charge in [0, 0.05) is 18.7 Å². The van der Waals surface area contributed by atoms with Gasteiger partial charge in [-0.05, 0) is 42.1 Å². The molecular weight excluding hydrogens is 248 g/mol. The van der Waals surface area contributed by atoms with Crippen LogP contribution in [0.5, 0.6) is 0 Å². The van der Waals surface area contributed by atoms with E-state index in [1.807, 2.05) is 47.4 Å². The van der Waals surface area contributed by atoms with Crippen LogP contribution in [0.15, 0.2) is 42.5 Å². The second-order valence-corrected chi connectivity index (χ2v) is 5.52. The first-order valence-electron chi connectivity index (χ1n) is 7.26. The van der Waals surface area contributed by atoms with Crippen molar-refractivity contribution in [1.29, 1.82) is 0 Å². The predicted molar refractivity (Wildman–Crippen MR) is 81.6 cm³/mol. The van der Waals surface area contributed by atoms with Crippen LogP contribution in [0.2, 0.25) is 0 Å². The molecule has 0 spiro atoms. The van der Waals surface area contributed by atoms with E-state index in [-0.39, 0.29) is 5.91 Å². The number of nitrogens with two attached hydrogens (primary N) is 1. The largest absolute Gasteiger partial charge is 0.338 e. The molecule has 3 nitrogen and oxygen atoms in total.